The van der Waals surface area contributed by atoms with Crippen LogP contribution in [0.15, 0.2) is 57.0 Å². The predicted molar refractivity (Wildman–Crippen MR) is 119 cm³/mol. The van der Waals surface area contributed by atoms with Crippen LogP contribution in [0.2, 0.25) is 0 Å². The van der Waals surface area contributed by atoms with E-state index in [0.717, 1.165) is 27.8 Å². The number of aromatic amines is 2. The molecule has 0 aliphatic carbocycles. The molecule has 0 amide bonds. The Hall–Kier alpha value is -3.84. The maximum atomic E-state index is 13.3. The minimum absolute atomic E-state index is 0.120. The summed E-state index contributed by atoms with van der Waals surface area (Å²) in [6.45, 7) is 0.294. The molecule has 1 aromatic carbocycles. The van der Waals surface area contributed by atoms with Crippen molar-refractivity contribution in [1.29, 1.82) is 4.78 Å². The van der Waals surface area contributed by atoms with E-state index in [1.54, 1.807) is 24.0 Å². The molecule has 3 N–H and O–H groups in total. The molecule has 5 aromatic heterocycles. The van der Waals surface area contributed by atoms with Crippen molar-refractivity contribution in [3.63, 3.8) is 0 Å². The van der Waals surface area contributed by atoms with Crippen molar-refractivity contribution in [2.24, 2.45) is 7.05 Å². The molecule has 0 spiro atoms. The normalized spacial score (nSPS) is 13.9. The van der Waals surface area contributed by atoms with Crippen LogP contribution >= 0.6 is 11.3 Å². The summed E-state index contributed by atoms with van der Waals surface area (Å²) in [5, 5.41) is 19.5. The summed E-state index contributed by atoms with van der Waals surface area (Å²) in [7, 11) is -1.61. The molecule has 160 valence electrons. The number of benzene rings is 1. The van der Waals surface area contributed by atoms with E-state index in [4.69, 9.17) is 4.78 Å². The third-order valence-electron chi connectivity index (χ3n) is 5.42. The number of nitrogens with one attached hydrogen (secondary N) is 3. The number of aryl methyl sites for hydroxylation is 1. The van der Waals surface area contributed by atoms with E-state index in [1.165, 1.54) is 16.9 Å². The van der Waals surface area contributed by atoms with E-state index in [0.29, 0.717) is 27.8 Å². The van der Waals surface area contributed by atoms with Crippen LogP contribution in [-0.2, 0) is 23.3 Å². The molecular weight excluding hydrogens is 450 g/mol. The van der Waals surface area contributed by atoms with Crippen molar-refractivity contribution in [3.8, 4) is 0 Å². The van der Waals surface area contributed by atoms with E-state index in [9.17, 15) is 9.00 Å². The smallest absolute Gasteiger partial charge is 0.291 e. The zero-order valence-electron chi connectivity index (χ0n) is 16.6. The number of thiazole rings is 1. The summed E-state index contributed by atoms with van der Waals surface area (Å²) < 4.78 is 25.2. The van der Waals surface area contributed by atoms with Gasteiger partial charge in [-0.25, -0.2) is 18.7 Å². The summed E-state index contributed by atoms with van der Waals surface area (Å²) in [5.74, 6) is 0. The van der Waals surface area contributed by atoms with E-state index in [-0.39, 0.29) is 14.9 Å². The van der Waals surface area contributed by atoms with Crippen molar-refractivity contribution in [1.82, 2.24) is 39.7 Å². The molecule has 6 aromatic rings. The molecular formula is C19H15N9O2S2. The van der Waals surface area contributed by atoms with Crippen LogP contribution in [0.3, 0.4) is 0 Å². The first-order valence-electron chi connectivity index (χ1n) is 9.50. The fourth-order valence-corrected chi connectivity index (χ4v) is 6.48. The zero-order chi connectivity index (χ0) is 22.0. The molecule has 1 atom stereocenters. The Labute approximate surface area is 183 Å². The molecule has 32 heavy (non-hydrogen) atoms. The molecule has 11 nitrogen and oxygen atoms in total. The predicted octanol–water partition coefficient (Wildman–Crippen LogP) is 2.46. The van der Waals surface area contributed by atoms with Gasteiger partial charge in [0, 0.05) is 24.0 Å². The number of H-pyrrole nitrogens is 2. The van der Waals surface area contributed by atoms with Crippen LogP contribution in [0.25, 0.3) is 32.2 Å². The van der Waals surface area contributed by atoms with Crippen molar-refractivity contribution in [3.05, 3.63) is 58.8 Å². The van der Waals surface area contributed by atoms with Crippen LogP contribution < -0.4 is 5.56 Å². The lowest BCUT2D eigenvalue weighted by molar-refractivity contribution is 0.647. The number of aromatic nitrogens is 8. The minimum atomic E-state index is -3.35. The largest absolute Gasteiger partial charge is 0.323 e. The van der Waals surface area contributed by atoms with E-state index in [2.05, 4.69) is 30.5 Å². The van der Waals surface area contributed by atoms with Crippen LogP contribution in [0.4, 0.5) is 0 Å². The van der Waals surface area contributed by atoms with Gasteiger partial charge in [0.05, 0.1) is 29.2 Å². The highest BCUT2D eigenvalue weighted by Gasteiger charge is 2.25. The number of rotatable bonds is 4. The highest BCUT2D eigenvalue weighted by atomic mass is 32.2. The summed E-state index contributed by atoms with van der Waals surface area (Å²) >= 11 is 1.13. The Morgan fingerprint density at radius 1 is 1.22 bits per heavy atom. The maximum Gasteiger partial charge on any atom is 0.291 e. The molecule has 13 heteroatoms. The first-order valence-corrected chi connectivity index (χ1v) is 11.9. The van der Waals surface area contributed by atoms with Gasteiger partial charge in [-0.1, -0.05) is 12.1 Å². The molecule has 0 saturated carbocycles. The van der Waals surface area contributed by atoms with Crippen molar-refractivity contribution < 1.29 is 4.21 Å². The molecule has 5 heterocycles. The fourth-order valence-electron chi connectivity index (χ4n) is 3.83. The monoisotopic (exact) mass is 465 g/mol. The summed E-state index contributed by atoms with van der Waals surface area (Å²) in [6.07, 6.45) is 4.87. The fraction of sp³-hybridized carbons (Fsp3) is 0.105. The molecule has 0 radical (unpaired) electrons. The maximum absolute atomic E-state index is 13.3. The number of nitrogens with zero attached hydrogens (tertiary/aromatic N) is 6. The molecule has 0 bridgehead atoms. The summed E-state index contributed by atoms with van der Waals surface area (Å²) in [4.78, 5) is 17.7. The highest BCUT2D eigenvalue weighted by molar-refractivity contribution is 7.94. The van der Waals surface area contributed by atoms with Crippen LogP contribution in [0, 0.1) is 4.78 Å². The van der Waals surface area contributed by atoms with Crippen LogP contribution in [-0.4, -0.2) is 43.9 Å². The number of fused-ring (bicyclic) bond motifs is 4. The average molecular weight is 466 g/mol. The lowest BCUT2D eigenvalue weighted by Gasteiger charge is -2.07. The SMILES string of the molecule is Cn1c2nc(S(=N)(=O)c3cc[nH]n3)sc2c2cnn(Cc3cccc4[nH]ncc34)c(=O)c21. The highest BCUT2D eigenvalue weighted by Crippen LogP contribution is 2.34. The van der Waals surface area contributed by atoms with Crippen molar-refractivity contribution in [2.75, 3.05) is 0 Å². The molecule has 0 aliphatic rings. The van der Waals surface area contributed by atoms with Gasteiger partial charge >= 0.3 is 0 Å². The average Bonchev–Trinajstić information content (AvgIpc) is 3.56. The van der Waals surface area contributed by atoms with E-state index < -0.39 is 9.73 Å². The third kappa shape index (κ3) is 2.58. The first kappa shape index (κ1) is 18.9. The number of hydrogen-bond donors (Lipinski definition) is 3. The Morgan fingerprint density at radius 3 is 2.91 bits per heavy atom. The van der Waals surface area contributed by atoms with E-state index in [1.807, 2.05) is 18.2 Å². The third-order valence-corrected chi connectivity index (χ3v) is 8.64. The Kier molecular flexibility index (Phi) is 3.88. The minimum Gasteiger partial charge on any atom is -0.323 e. The molecule has 1 unspecified atom stereocenters. The van der Waals surface area contributed by atoms with Gasteiger partial charge < -0.3 is 4.57 Å². The molecule has 6 rings (SSSR count). The summed E-state index contributed by atoms with van der Waals surface area (Å²) in [6, 6.07) is 7.27. The van der Waals surface area contributed by atoms with Crippen molar-refractivity contribution in [2.45, 2.75) is 15.9 Å². The number of hydrogen-bond acceptors (Lipinski definition) is 8. The van der Waals surface area contributed by atoms with Gasteiger partial charge in [0.1, 0.15) is 15.2 Å². The lowest BCUT2D eigenvalue weighted by atomic mass is 10.1. The van der Waals surface area contributed by atoms with Crippen LogP contribution in [0.5, 0.6) is 0 Å². The van der Waals surface area contributed by atoms with Gasteiger partial charge in [-0.3, -0.25) is 15.0 Å². The standard InChI is InChI=1S/C19H15N9O2S2/c1-27-15-12(16-17(27)24-19(31-16)32(20,30)14-5-6-21-26-14)8-23-28(18(15)29)9-10-3-2-4-13-11(10)7-22-25-13/h2-8,20H,9H2,1H3,(H,21,26)(H,22,25). The first-order chi connectivity index (χ1) is 15.4. The molecule has 0 saturated heterocycles. The second-order valence-electron chi connectivity index (χ2n) is 7.28. The van der Waals surface area contributed by atoms with Crippen LogP contribution in [0.1, 0.15) is 5.56 Å². The topological polar surface area (TPSA) is 151 Å². The van der Waals surface area contributed by atoms with Gasteiger partial charge in [-0.2, -0.15) is 15.3 Å². The summed E-state index contributed by atoms with van der Waals surface area (Å²) in [5.41, 5.74) is 2.51. The van der Waals surface area contributed by atoms with Gasteiger partial charge in [0.15, 0.2) is 15.0 Å². The van der Waals surface area contributed by atoms with E-state index >= 15 is 0 Å². The van der Waals surface area contributed by atoms with Gasteiger partial charge in [0.25, 0.3) is 5.56 Å². The van der Waals surface area contributed by atoms with Gasteiger partial charge in [-0.05, 0) is 17.7 Å². The Bertz CT molecular complexity index is 1800. The van der Waals surface area contributed by atoms with Gasteiger partial charge in [-0.15, -0.1) is 11.3 Å². The zero-order valence-corrected chi connectivity index (χ0v) is 18.2. The quantitative estimate of drug-likeness (QED) is 0.364. The van der Waals surface area contributed by atoms with Crippen molar-refractivity contribution >= 4 is 53.2 Å². The van der Waals surface area contributed by atoms with Gasteiger partial charge in [0.2, 0.25) is 0 Å². The molecule has 0 fully saturated rings. The lowest BCUT2D eigenvalue weighted by Crippen LogP contribution is -2.24. The Morgan fingerprint density at radius 2 is 2.09 bits per heavy atom. The second kappa shape index (κ2) is 6.58. The second-order valence-corrected chi connectivity index (χ2v) is 10.5. The Balaban J connectivity index is 1.50. The molecule has 0 aliphatic heterocycles.